The zero-order valence-corrected chi connectivity index (χ0v) is 14.5. The van der Waals surface area contributed by atoms with Gasteiger partial charge in [0.15, 0.2) is 0 Å². The highest BCUT2D eigenvalue weighted by molar-refractivity contribution is 6.39. The van der Waals surface area contributed by atoms with Crippen LogP contribution in [0.3, 0.4) is 0 Å². The summed E-state index contributed by atoms with van der Waals surface area (Å²) in [6.45, 7) is 3.37. The second-order valence-corrected chi connectivity index (χ2v) is 6.38. The summed E-state index contributed by atoms with van der Waals surface area (Å²) in [5.41, 5.74) is 0.591. The fourth-order valence-electron chi connectivity index (χ4n) is 2.93. The number of ether oxygens (including phenoxy) is 1. The van der Waals surface area contributed by atoms with Gasteiger partial charge in [0.2, 0.25) is 0 Å². The fourth-order valence-corrected chi connectivity index (χ4v) is 2.93. The van der Waals surface area contributed by atoms with Gasteiger partial charge in [-0.3, -0.25) is 9.59 Å². The minimum atomic E-state index is -0.624. The molecule has 0 spiro atoms. The lowest BCUT2D eigenvalue weighted by Crippen LogP contribution is -2.36. The van der Waals surface area contributed by atoms with Gasteiger partial charge in [-0.2, -0.15) is 0 Å². The van der Waals surface area contributed by atoms with Crippen LogP contribution in [0.4, 0.5) is 5.69 Å². The van der Waals surface area contributed by atoms with E-state index in [-0.39, 0.29) is 0 Å². The standard InChI is InChI=1S/C19H28N2O3/c1-2-3-14-24-17-10-8-16(9-11-17)21-19(23)18(22)20-13-12-15-6-4-5-7-15/h8-11,15H,2-7,12-14H2,1H3,(H,20,22)(H,21,23). The summed E-state index contributed by atoms with van der Waals surface area (Å²) in [6, 6.07) is 7.07. The molecule has 1 aromatic rings. The molecular weight excluding hydrogens is 304 g/mol. The first-order valence-corrected chi connectivity index (χ1v) is 9.01. The Morgan fingerprint density at radius 1 is 1.12 bits per heavy atom. The van der Waals surface area contributed by atoms with E-state index in [9.17, 15) is 9.59 Å². The van der Waals surface area contributed by atoms with Gasteiger partial charge in [0.1, 0.15) is 5.75 Å². The van der Waals surface area contributed by atoms with Crippen LogP contribution in [0.5, 0.6) is 5.75 Å². The van der Waals surface area contributed by atoms with Gasteiger partial charge in [0.05, 0.1) is 6.61 Å². The first-order chi connectivity index (χ1) is 11.7. The van der Waals surface area contributed by atoms with Crippen LogP contribution in [0.1, 0.15) is 51.9 Å². The molecule has 2 amide bonds. The second kappa shape index (κ2) is 9.96. The molecular formula is C19H28N2O3. The average molecular weight is 332 g/mol. The molecule has 0 radical (unpaired) electrons. The first kappa shape index (κ1) is 18.3. The molecule has 1 aliphatic rings. The van der Waals surface area contributed by atoms with Crippen molar-refractivity contribution in [3.05, 3.63) is 24.3 Å². The number of carbonyl (C=O) groups is 2. The van der Waals surface area contributed by atoms with Crippen LogP contribution >= 0.6 is 0 Å². The van der Waals surface area contributed by atoms with Gasteiger partial charge in [0, 0.05) is 12.2 Å². The molecule has 1 aliphatic carbocycles. The van der Waals surface area contributed by atoms with Crippen LogP contribution in [0.15, 0.2) is 24.3 Å². The van der Waals surface area contributed by atoms with Crippen molar-refractivity contribution in [3.8, 4) is 5.75 Å². The number of nitrogens with one attached hydrogen (secondary N) is 2. The van der Waals surface area contributed by atoms with Gasteiger partial charge in [-0.15, -0.1) is 0 Å². The molecule has 0 heterocycles. The SMILES string of the molecule is CCCCOc1ccc(NC(=O)C(=O)NCCC2CCCC2)cc1. The normalized spacial score (nSPS) is 14.4. The van der Waals surface area contributed by atoms with Gasteiger partial charge in [-0.05, 0) is 43.0 Å². The lowest BCUT2D eigenvalue weighted by atomic mass is 10.0. The Morgan fingerprint density at radius 3 is 2.50 bits per heavy atom. The lowest BCUT2D eigenvalue weighted by molar-refractivity contribution is -0.136. The molecule has 1 aromatic carbocycles. The van der Waals surface area contributed by atoms with Gasteiger partial charge < -0.3 is 15.4 Å². The highest BCUT2D eigenvalue weighted by atomic mass is 16.5. The monoisotopic (exact) mass is 332 g/mol. The van der Waals surface area contributed by atoms with Gasteiger partial charge >= 0.3 is 11.8 Å². The van der Waals surface area contributed by atoms with Crippen molar-refractivity contribution in [2.45, 2.75) is 51.9 Å². The predicted octanol–water partition coefficient (Wildman–Crippen LogP) is 3.50. The van der Waals surface area contributed by atoms with Crippen LogP contribution in [-0.4, -0.2) is 25.0 Å². The minimum absolute atomic E-state index is 0.571. The molecule has 132 valence electrons. The number of unbranched alkanes of at least 4 members (excludes halogenated alkanes) is 1. The number of benzene rings is 1. The Bertz CT molecular complexity index is 522. The molecule has 0 aromatic heterocycles. The number of rotatable bonds is 8. The van der Waals surface area contributed by atoms with Gasteiger partial charge in [-0.25, -0.2) is 0 Å². The predicted molar refractivity (Wildman–Crippen MR) is 95.1 cm³/mol. The van der Waals surface area contributed by atoms with Crippen molar-refractivity contribution in [2.24, 2.45) is 5.92 Å². The fraction of sp³-hybridized carbons (Fsp3) is 0.579. The number of amides is 2. The number of hydrogen-bond acceptors (Lipinski definition) is 3. The maximum absolute atomic E-state index is 11.9. The Kier molecular flexibility index (Phi) is 7.59. The lowest BCUT2D eigenvalue weighted by Gasteiger charge is -2.10. The van der Waals surface area contributed by atoms with Crippen molar-refractivity contribution >= 4 is 17.5 Å². The van der Waals surface area contributed by atoms with Crippen LogP contribution in [0.2, 0.25) is 0 Å². The van der Waals surface area contributed by atoms with Crippen LogP contribution in [-0.2, 0) is 9.59 Å². The maximum atomic E-state index is 11.9. The van der Waals surface area contributed by atoms with E-state index in [4.69, 9.17) is 4.74 Å². The Balaban J connectivity index is 1.69. The zero-order valence-electron chi connectivity index (χ0n) is 14.5. The van der Waals surface area contributed by atoms with E-state index in [0.29, 0.717) is 24.8 Å². The van der Waals surface area contributed by atoms with E-state index in [0.717, 1.165) is 25.0 Å². The number of anilines is 1. The molecule has 0 bridgehead atoms. The molecule has 5 nitrogen and oxygen atoms in total. The summed E-state index contributed by atoms with van der Waals surface area (Å²) in [5.74, 6) is 0.272. The molecule has 1 saturated carbocycles. The summed E-state index contributed by atoms with van der Waals surface area (Å²) in [6.07, 6.45) is 8.13. The second-order valence-electron chi connectivity index (χ2n) is 6.38. The average Bonchev–Trinajstić information content (AvgIpc) is 3.10. The Morgan fingerprint density at radius 2 is 1.83 bits per heavy atom. The number of hydrogen-bond donors (Lipinski definition) is 2. The summed E-state index contributed by atoms with van der Waals surface area (Å²) >= 11 is 0. The molecule has 0 unspecified atom stereocenters. The van der Waals surface area contributed by atoms with Gasteiger partial charge in [-0.1, -0.05) is 39.0 Å². The molecule has 0 saturated heterocycles. The Labute approximate surface area is 144 Å². The molecule has 2 rings (SSSR count). The van der Waals surface area contributed by atoms with Crippen LogP contribution in [0, 0.1) is 5.92 Å². The highest BCUT2D eigenvalue weighted by Gasteiger charge is 2.17. The zero-order chi connectivity index (χ0) is 17.2. The quantitative estimate of drug-likeness (QED) is 0.565. The van der Waals surface area contributed by atoms with Crippen LogP contribution < -0.4 is 15.4 Å². The summed E-state index contributed by atoms with van der Waals surface area (Å²) in [7, 11) is 0. The van der Waals surface area contributed by atoms with Crippen molar-refractivity contribution in [2.75, 3.05) is 18.5 Å². The van der Waals surface area contributed by atoms with E-state index in [1.807, 2.05) is 0 Å². The van der Waals surface area contributed by atoms with E-state index in [2.05, 4.69) is 17.6 Å². The smallest absolute Gasteiger partial charge is 0.313 e. The van der Waals surface area contributed by atoms with Crippen molar-refractivity contribution in [1.29, 1.82) is 0 Å². The number of carbonyl (C=O) groups excluding carboxylic acids is 2. The van der Waals surface area contributed by atoms with Crippen molar-refractivity contribution in [3.63, 3.8) is 0 Å². The third kappa shape index (κ3) is 6.22. The minimum Gasteiger partial charge on any atom is -0.494 e. The third-order valence-electron chi connectivity index (χ3n) is 4.40. The molecule has 0 atom stereocenters. The largest absolute Gasteiger partial charge is 0.494 e. The molecule has 0 aliphatic heterocycles. The topological polar surface area (TPSA) is 67.4 Å². The van der Waals surface area contributed by atoms with E-state index in [1.165, 1.54) is 25.7 Å². The van der Waals surface area contributed by atoms with Crippen molar-refractivity contribution in [1.82, 2.24) is 5.32 Å². The first-order valence-electron chi connectivity index (χ1n) is 9.01. The van der Waals surface area contributed by atoms with E-state index in [1.54, 1.807) is 24.3 Å². The van der Waals surface area contributed by atoms with Crippen molar-refractivity contribution < 1.29 is 14.3 Å². The summed E-state index contributed by atoms with van der Waals surface area (Å²) < 4.78 is 5.56. The Hall–Kier alpha value is -2.04. The summed E-state index contributed by atoms with van der Waals surface area (Å²) in [5, 5.41) is 5.31. The molecule has 24 heavy (non-hydrogen) atoms. The van der Waals surface area contributed by atoms with Crippen LogP contribution in [0.25, 0.3) is 0 Å². The third-order valence-corrected chi connectivity index (χ3v) is 4.40. The van der Waals surface area contributed by atoms with E-state index >= 15 is 0 Å². The molecule has 2 N–H and O–H groups in total. The highest BCUT2D eigenvalue weighted by Crippen LogP contribution is 2.26. The molecule has 1 fully saturated rings. The van der Waals surface area contributed by atoms with Gasteiger partial charge in [0.25, 0.3) is 0 Å². The van der Waals surface area contributed by atoms with E-state index < -0.39 is 11.8 Å². The maximum Gasteiger partial charge on any atom is 0.313 e. The summed E-state index contributed by atoms with van der Waals surface area (Å²) in [4.78, 5) is 23.7. The molecule has 5 heteroatoms.